The molecule has 27 heavy (non-hydrogen) atoms. The van der Waals surface area contributed by atoms with Crippen LogP contribution in [0.3, 0.4) is 0 Å². The second kappa shape index (κ2) is 8.87. The molecule has 5 nitrogen and oxygen atoms in total. The summed E-state index contributed by atoms with van der Waals surface area (Å²) in [5, 5.41) is 1.94. The number of ether oxygens (including phenoxy) is 2. The molecule has 4 rings (SSSR count). The highest BCUT2D eigenvalue weighted by atomic mass is 32.1. The molecule has 0 radical (unpaired) electrons. The minimum absolute atomic E-state index is 0.0775. The van der Waals surface area contributed by atoms with Gasteiger partial charge in [0.25, 0.3) is 5.91 Å². The number of fused-ring (bicyclic) bond motifs is 1. The van der Waals surface area contributed by atoms with Gasteiger partial charge in [0.1, 0.15) is 12.4 Å². The number of thiophene rings is 1. The van der Waals surface area contributed by atoms with E-state index in [-0.39, 0.29) is 5.91 Å². The van der Waals surface area contributed by atoms with E-state index in [1.165, 1.54) is 37.3 Å². The molecule has 144 valence electrons. The minimum Gasteiger partial charge on any atom is -0.491 e. The molecule has 1 fully saturated rings. The van der Waals surface area contributed by atoms with E-state index < -0.39 is 0 Å². The normalized spacial score (nSPS) is 17.4. The summed E-state index contributed by atoms with van der Waals surface area (Å²) in [6.45, 7) is 6.48. The fourth-order valence-corrected chi connectivity index (χ4v) is 4.35. The van der Waals surface area contributed by atoms with Gasteiger partial charge in [0.15, 0.2) is 0 Å². The summed E-state index contributed by atoms with van der Waals surface area (Å²) in [6.07, 6.45) is 2.62. The molecule has 0 saturated carbocycles. The molecule has 1 saturated heterocycles. The van der Waals surface area contributed by atoms with Crippen LogP contribution in [0.5, 0.6) is 5.75 Å². The molecular weight excluding hydrogens is 360 g/mol. The van der Waals surface area contributed by atoms with Crippen molar-refractivity contribution in [2.75, 3.05) is 39.4 Å². The van der Waals surface area contributed by atoms with Crippen LogP contribution < -0.4 is 4.74 Å². The number of likely N-dealkylation sites (tertiary alicyclic amines) is 1. The van der Waals surface area contributed by atoms with Crippen LogP contribution in [0.1, 0.15) is 33.6 Å². The Morgan fingerprint density at radius 3 is 2.89 bits per heavy atom. The lowest BCUT2D eigenvalue weighted by Crippen LogP contribution is -2.31. The molecule has 1 aromatic heterocycles. The van der Waals surface area contributed by atoms with Crippen molar-refractivity contribution in [3.63, 3.8) is 0 Å². The molecule has 1 amide bonds. The van der Waals surface area contributed by atoms with Crippen molar-refractivity contribution in [3.05, 3.63) is 51.7 Å². The predicted molar refractivity (Wildman–Crippen MR) is 106 cm³/mol. The summed E-state index contributed by atoms with van der Waals surface area (Å²) in [5.41, 5.74) is 2.18. The number of hydrogen-bond acceptors (Lipinski definition) is 5. The van der Waals surface area contributed by atoms with Gasteiger partial charge in [-0.1, -0.05) is 12.1 Å². The highest BCUT2D eigenvalue weighted by molar-refractivity contribution is 7.12. The first-order chi connectivity index (χ1) is 13.3. The summed E-state index contributed by atoms with van der Waals surface area (Å²) in [5.74, 6) is 0.950. The van der Waals surface area contributed by atoms with Crippen molar-refractivity contribution in [3.8, 4) is 5.75 Å². The lowest BCUT2D eigenvalue weighted by molar-refractivity contribution is 0.0738. The average Bonchev–Trinajstić information content (AvgIpc) is 3.36. The van der Waals surface area contributed by atoms with Gasteiger partial charge in [0, 0.05) is 18.7 Å². The van der Waals surface area contributed by atoms with Crippen LogP contribution >= 0.6 is 11.3 Å². The first kappa shape index (κ1) is 18.5. The van der Waals surface area contributed by atoms with Gasteiger partial charge < -0.3 is 19.3 Å². The van der Waals surface area contributed by atoms with Crippen LogP contribution in [0.25, 0.3) is 0 Å². The smallest absolute Gasteiger partial charge is 0.264 e. The molecule has 2 aliphatic rings. The Morgan fingerprint density at radius 2 is 2.07 bits per heavy atom. The predicted octanol–water partition coefficient (Wildman–Crippen LogP) is 3.40. The van der Waals surface area contributed by atoms with Gasteiger partial charge in [-0.2, -0.15) is 0 Å². The number of carbonyl (C=O) groups excluding carboxylic acids is 1. The number of hydrogen-bond donors (Lipinski definition) is 0. The number of carbonyl (C=O) groups is 1. The van der Waals surface area contributed by atoms with Crippen LogP contribution in [-0.2, 0) is 17.9 Å². The summed E-state index contributed by atoms with van der Waals surface area (Å²) in [6, 6.07) is 9.98. The van der Waals surface area contributed by atoms with E-state index in [0.717, 1.165) is 34.9 Å². The van der Waals surface area contributed by atoms with E-state index in [0.29, 0.717) is 26.3 Å². The molecule has 2 aromatic rings. The van der Waals surface area contributed by atoms with Gasteiger partial charge in [-0.15, -0.1) is 11.3 Å². The van der Waals surface area contributed by atoms with Crippen molar-refractivity contribution in [2.45, 2.75) is 26.0 Å². The maximum atomic E-state index is 12.7. The molecule has 3 heterocycles. The summed E-state index contributed by atoms with van der Waals surface area (Å²) < 4.78 is 11.7. The largest absolute Gasteiger partial charge is 0.491 e. The van der Waals surface area contributed by atoms with Crippen molar-refractivity contribution in [2.24, 2.45) is 0 Å². The lowest BCUT2D eigenvalue weighted by atomic mass is 10.1. The van der Waals surface area contributed by atoms with E-state index >= 15 is 0 Å². The van der Waals surface area contributed by atoms with E-state index in [2.05, 4.69) is 17.0 Å². The Balaban J connectivity index is 1.36. The van der Waals surface area contributed by atoms with E-state index in [1.54, 1.807) is 0 Å². The fourth-order valence-electron chi connectivity index (χ4n) is 3.66. The maximum absolute atomic E-state index is 12.7. The third kappa shape index (κ3) is 4.69. The van der Waals surface area contributed by atoms with Crippen LogP contribution in [0.15, 0.2) is 35.7 Å². The van der Waals surface area contributed by atoms with Gasteiger partial charge in [0.05, 0.1) is 24.6 Å². The summed E-state index contributed by atoms with van der Waals surface area (Å²) in [4.78, 5) is 17.8. The molecule has 0 atom stereocenters. The zero-order chi connectivity index (χ0) is 18.5. The molecule has 6 heteroatoms. The highest BCUT2D eigenvalue weighted by Gasteiger charge is 2.22. The van der Waals surface area contributed by atoms with E-state index in [9.17, 15) is 4.79 Å². The fraction of sp³-hybridized carbons (Fsp3) is 0.476. The zero-order valence-electron chi connectivity index (χ0n) is 15.6. The second-order valence-electron chi connectivity index (χ2n) is 7.10. The van der Waals surface area contributed by atoms with Gasteiger partial charge in [-0.3, -0.25) is 4.79 Å². The molecule has 0 bridgehead atoms. The Labute approximate surface area is 164 Å². The Hall–Kier alpha value is -1.89. The average molecular weight is 387 g/mol. The van der Waals surface area contributed by atoms with Crippen LogP contribution in [-0.4, -0.2) is 55.1 Å². The molecule has 0 aliphatic carbocycles. The van der Waals surface area contributed by atoms with Gasteiger partial charge >= 0.3 is 0 Å². The Kier molecular flexibility index (Phi) is 6.07. The lowest BCUT2D eigenvalue weighted by Gasteiger charge is -2.19. The van der Waals surface area contributed by atoms with Gasteiger partial charge in [-0.05, 0) is 55.1 Å². The first-order valence-corrected chi connectivity index (χ1v) is 10.5. The monoisotopic (exact) mass is 386 g/mol. The van der Waals surface area contributed by atoms with Gasteiger partial charge in [-0.25, -0.2) is 0 Å². The van der Waals surface area contributed by atoms with Crippen LogP contribution in [0.2, 0.25) is 0 Å². The molecule has 0 N–H and O–H groups in total. The van der Waals surface area contributed by atoms with Gasteiger partial charge in [0.2, 0.25) is 0 Å². The van der Waals surface area contributed by atoms with Crippen molar-refractivity contribution < 1.29 is 14.3 Å². The molecule has 0 spiro atoms. The van der Waals surface area contributed by atoms with Crippen LogP contribution in [0, 0.1) is 0 Å². The van der Waals surface area contributed by atoms with Crippen molar-refractivity contribution in [1.82, 2.24) is 9.80 Å². The molecule has 0 unspecified atom stereocenters. The number of amides is 1. The van der Waals surface area contributed by atoms with Crippen molar-refractivity contribution >= 4 is 17.2 Å². The first-order valence-electron chi connectivity index (χ1n) is 9.67. The standard InChI is InChI=1S/C21H26N2O3S/c24-21(20-4-3-13-27-20)23-10-12-26-19-6-5-17(14-18(19)15-23)16-25-11-9-22-7-1-2-8-22/h3-6,13-14H,1-2,7-12,15-16H2. The van der Waals surface area contributed by atoms with Crippen molar-refractivity contribution in [1.29, 1.82) is 0 Å². The summed E-state index contributed by atoms with van der Waals surface area (Å²) >= 11 is 1.48. The number of benzene rings is 1. The highest BCUT2D eigenvalue weighted by Crippen LogP contribution is 2.26. The maximum Gasteiger partial charge on any atom is 0.264 e. The van der Waals surface area contributed by atoms with Crippen LogP contribution in [0.4, 0.5) is 0 Å². The number of nitrogens with zero attached hydrogens (tertiary/aromatic N) is 2. The Morgan fingerprint density at radius 1 is 1.19 bits per heavy atom. The zero-order valence-corrected chi connectivity index (χ0v) is 16.4. The third-order valence-electron chi connectivity index (χ3n) is 5.14. The van der Waals surface area contributed by atoms with E-state index in [4.69, 9.17) is 9.47 Å². The third-order valence-corrected chi connectivity index (χ3v) is 6.00. The Bertz CT molecular complexity index is 757. The second-order valence-corrected chi connectivity index (χ2v) is 8.04. The molecule has 1 aromatic carbocycles. The summed E-state index contributed by atoms with van der Waals surface area (Å²) in [7, 11) is 0. The quantitative estimate of drug-likeness (QED) is 0.714. The van der Waals surface area contributed by atoms with E-state index in [1.807, 2.05) is 28.5 Å². The minimum atomic E-state index is 0.0775. The SMILES string of the molecule is O=C(c1cccs1)N1CCOc2ccc(COCCN3CCCC3)cc2C1. The number of rotatable bonds is 6. The molecular formula is C21H26N2O3S. The topological polar surface area (TPSA) is 42.0 Å². The molecule has 2 aliphatic heterocycles.